The molecular formula is C29H28N6O2. The van der Waals surface area contributed by atoms with Gasteiger partial charge >= 0.3 is 0 Å². The van der Waals surface area contributed by atoms with Crippen LogP contribution in [0.2, 0.25) is 0 Å². The minimum atomic E-state index is -0.719. The third-order valence-electron chi connectivity index (χ3n) is 6.88. The first-order valence-corrected chi connectivity index (χ1v) is 12.5. The Bertz CT molecular complexity index is 1500. The molecule has 1 aliphatic heterocycles. The molecule has 0 saturated carbocycles. The summed E-state index contributed by atoms with van der Waals surface area (Å²) in [7, 11) is 0. The summed E-state index contributed by atoms with van der Waals surface area (Å²) in [5.74, 6) is 1.80. The molecule has 0 radical (unpaired) electrons. The molecule has 1 unspecified atom stereocenters. The van der Waals surface area contributed by atoms with E-state index in [1.165, 1.54) is 0 Å². The van der Waals surface area contributed by atoms with E-state index in [1.807, 2.05) is 79.9 Å². The lowest BCUT2D eigenvalue weighted by Crippen LogP contribution is -2.49. The Morgan fingerprint density at radius 2 is 1.54 bits per heavy atom. The zero-order valence-electron chi connectivity index (χ0n) is 20.6. The summed E-state index contributed by atoms with van der Waals surface area (Å²) in [6.45, 7) is 4.73. The van der Waals surface area contributed by atoms with Crippen molar-refractivity contribution in [2.75, 3.05) is 26.2 Å². The number of aliphatic hydroxyl groups excluding tert-OH is 1. The molecule has 2 aromatic heterocycles. The Labute approximate surface area is 215 Å². The highest BCUT2D eigenvalue weighted by Crippen LogP contribution is 2.31. The number of rotatable bonds is 6. The van der Waals surface area contributed by atoms with Gasteiger partial charge in [0.05, 0.1) is 5.52 Å². The number of aryl methyl sites for hydroxylation is 1. The van der Waals surface area contributed by atoms with Crippen molar-refractivity contribution in [1.82, 2.24) is 30.0 Å². The smallest absolute Gasteiger partial charge is 0.238 e. The van der Waals surface area contributed by atoms with Crippen LogP contribution in [0.25, 0.3) is 22.3 Å². The van der Waals surface area contributed by atoms with Gasteiger partial charge in [-0.3, -0.25) is 9.80 Å². The van der Waals surface area contributed by atoms with Crippen molar-refractivity contribution in [2.24, 2.45) is 0 Å². The van der Waals surface area contributed by atoms with E-state index in [-0.39, 0.29) is 6.04 Å². The molecule has 6 rings (SSSR count). The molecule has 3 aromatic carbocycles. The fourth-order valence-corrected chi connectivity index (χ4v) is 4.97. The highest BCUT2D eigenvalue weighted by Gasteiger charge is 2.32. The number of nitrogens with zero attached hydrogens (tertiary/aromatic N) is 6. The number of hydrogen-bond donors (Lipinski definition) is 1. The van der Waals surface area contributed by atoms with E-state index in [0.717, 1.165) is 40.7 Å². The van der Waals surface area contributed by atoms with Gasteiger partial charge in [-0.1, -0.05) is 66.7 Å². The SMILES string of the molecule is Cc1nnc([C@@H](c2ccccc2)N2CCN(C(O)c3cccc(-c4ncc5ccccc5n4)c3)CC2)o1. The summed E-state index contributed by atoms with van der Waals surface area (Å²) < 4.78 is 5.84. The summed E-state index contributed by atoms with van der Waals surface area (Å²) in [6, 6.07) is 25.9. The van der Waals surface area contributed by atoms with Crippen LogP contribution in [0.3, 0.4) is 0 Å². The normalized spacial score (nSPS) is 16.6. The third kappa shape index (κ3) is 4.86. The van der Waals surface area contributed by atoms with Gasteiger partial charge in [-0.25, -0.2) is 9.97 Å². The maximum absolute atomic E-state index is 11.3. The van der Waals surface area contributed by atoms with Gasteiger partial charge in [0.25, 0.3) is 0 Å². The summed E-state index contributed by atoms with van der Waals surface area (Å²) in [6.07, 6.45) is 1.12. The Kier molecular flexibility index (Phi) is 6.44. The van der Waals surface area contributed by atoms with Gasteiger partial charge in [0.1, 0.15) is 12.3 Å². The average molecular weight is 493 g/mol. The fourth-order valence-electron chi connectivity index (χ4n) is 4.97. The lowest BCUT2D eigenvalue weighted by atomic mass is 10.0. The first-order valence-electron chi connectivity index (χ1n) is 12.5. The van der Waals surface area contributed by atoms with E-state index >= 15 is 0 Å². The molecule has 0 spiro atoms. The maximum atomic E-state index is 11.3. The van der Waals surface area contributed by atoms with Crippen LogP contribution >= 0.6 is 0 Å². The van der Waals surface area contributed by atoms with Crippen LogP contribution in [0.1, 0.15) is 35.2 Å². The lowest BCUT2D eigenvalue weighted by molar-refractivity contribution is -0.0336. The van der Waals surface area contributed by atoms with Crippen molar-refractivity contribution in [3.8, 4) is 11.4 Å². The molecule has 186 valence electrons. The van der Waals surface area contributed by atoms with Crippen LogP contribution in [-0.2, 0) is 0 Å². The second-order valence-corrected chi connectivity index (χ2v) is 9.30. The molecule has 5 aromatic rings. The predicted octanol–water partition coefficient (Wildman–Crippen LogP) is 4.39. The quantitative estimate of drug-likeness (QED) is 0.373. The van der Waals surface area contributed by atoms with Gasteiger partial charge < -0.3 is 9.52 Å². The highest BCUT2D eigenvalue weighted by atomic mass is 16.4. The maximum Gasteiger partial charge on any atom is 0.238 e. The molecule has 8 nitrogen and oxygen atoms in total. The van der Waals surface area contributed by atoms with Crippen LogP contribution in [0.15, 0.2) is 89.5 Å². The van der Waals surface area contributed by atoms with Gasteiger partial charge in [-0.15, -0.1) is 10.2 Å². The van der Waals surface area contributed by atoms with E-state index in [4.69, 9.17) is 9.40 Å². The molecule has 1 fully saturated rings. The van der Waals surface area contributed by atoms with Gasteiger partial charge in [0.15, 0.2) is 5.82 Å². The average Bonchev–Trinajstić information content (AvgIpc) is 3.39. The molecule has 0 amide bonds. The van der Waals surface area contributed by atoms with E-state index in [0.29, 0.717) is 30.7 Å². The highest BCUT2D eigenvalue weighted by molar-refractivity contribution is 5.79. The van der Waals surface area contributed by atoms with Crippen molar-refractivity contribution in [3.05, 3.63) is 108 Å². The standard InChI is InChI=1S/C29H28N6O2/c1-20-32-33-28(37-20)26(21-8-3-2-4-9-21)34-14-16-35(17-15-34)29(36)23-12-7-11-22(18-23)27-30-19-24-10-5-6-13-25(24)31-27/h2-13,18-19,26,29,36H,14-17H2,1H3/t26-,29?/m1/s1. The van der Waals surface area contributed by atoms with Gasteiger partial charge in [0, 0.05) is 50.2 Å². The second kappa shape index (κ2) is 10.2. The van der Waals surface area contributed by atoms with Crippen molar-refractivity contribution in [2.45, 2.75) is 19.2 Å². The molecule has 1 N–H and O–H groups in total. The third-order valence-corrected chi connectivity index (χ3v) is 6.88. The van der Waals surface area contributed by atoms with Crippen molar-refractivity contribution >= 4 is 10.9 Å². The first-order chi connectivity index (χ1) is 18.2. The van der Waals surface area contributed by atoms with Gasteiger partial charge in [-0.05, 0) is 23.3 Å². The molecular weight excluding hydrogens is 464 g/mol. The number of fused-ring (bicyclic) bond motifs is 1. The lowest BCUT2D eigenvalue weighted by Gasteiger charge is -2.40. The van der Waals surface area contributed by atoms with Crippen molar-refractivity contribution in [3.63, 3.8) is 0 Å². The summed E-state index contributed by atoms with van der Waals surface area (Å²) in [5.41, 5.74) is 3.73. The number of para-hydroxylation sites is 1. The monoisotopic (exact) mass is 492 g/mol. The molecule has 8 heteroatoms. The Morgan fingerprint density at radius 1 is 0.811 bits per heavy atom. The molecule has 1 saturated heterocycles. The van der Waals surface area contributed by atoms with E-state index in [2.05, 4.69) is 37.1 Å². The fraction of sp³-hybridized carbons (Fsp3) is 0.241. The van der Waals surface area contributed by atoms with Crippen LogP contribution in [0, 0.1) is 6.92 Å². The largest absolute Gasteiger partial charge is 0.423 e. The van der Waals surface area contributed by atoms with E-state index in [9.17, 15) is 5.11 Å². The molecule has 3 heterocycles. The van der Waals surface area contributed by atoms with Gasteiger partial charge in [0.2, 0.25) is 11.8 Å². The summed E-state index contributed by atoms with van der Waals surface area (Å²) in [5, 5.41) is 20.7. The Hall–Kier alpha value is -3.98. The van der Waals surface area contributed by atoms with Crippen LogP contribution in [0.4, 0.5) is 0 Å². The van der Waals surface area contributed by atoms with E-state index < -0.39 is 6.23 Å². The molecule has 1 aliphatic rings. The number of piperazine rings is 1. The van der Waals surface area contributed by atoms with Crippen molar-refractivity contribution < 1.29 is 9.52 Å². The van der Waals surface area contributed by atoms with Crippen LogP contribution < -0.4 is 0 Å². The number of hydrogen-bond acceptors (Lipinski definition) is 8. The molecule has 0 aliphatic carbocycles. The summed E-state index contributed by atoms with van der Waals surface area (Å²) >= 11 is 0. The number of benzene rings is 3. The number of aliphatic hydroxyl groups is 1. The topological polar surface area (TPSA) is 91.4 Å². The van der Waals surface area contributed by atoms with E-state index in [1.54, 1.807) is 0 Å². The van der Waals surface area contributed by atoms with Crippen molar-refractivity contribution in [1.29, 1.82) is 0 Å². The summed E-state index contributed by atoms with van der Waals surface area (Å²) in [4.78, 5) is 13.7. The Morgan fingerprint density at radius 3 is 2.32 bits per heavy atom. The number of aromatic nitrogens is 4. The predicted molar refractivity (Wildman–Crippen MR) is 140 cm³/mol. The zero-order valence-corrected chi connectivity index (χ0v) is 20.6. The molecule has 0 bridgehead atoms. The van der Waals surface area contributed by atoms with Crippen LogP contribution in [-0.4, -0.2) is 61.3 Å². The second-order valence-electron chi connectivity index (χ2n) is 9.30. The van der Waals surface area contributed by atoms with Gasteiger partial charge in [-0.2, -0.15) is 0 Å². The minimum Gasteiger partial charge on any atom is -0.423 e. The van der Waals surface area contributed by atoms with Crippen LogP contribution in [0.5, 0.6) is 0 Å². The first kappa shape index (κ1) is 23.4. The minimum absolute atomic E-state index is 0.116. The Balaban J connectivity index is 1.19. The molecule has 2 atom stereocenters. The molecule has 37 heavy (non-hydrogen) atoms. The zero-order chi connectivity index (χ0) is 25.2.